The molecular weight excluding hydrogens is 422 g/mol. The summed E-state index contributed by atoms with van der Waals surface area (Å²) in [6.45, 7) is 1.95. The molecule has 1 unspecified atom stereocenters. The van der Waals surface area contributed by atoms with Crippen molar-refractivity contribution < 1.29 is 9.59 Å². The Labute approximate surface area is 199 Å². The number of hydrogen-bond acceptors (Lipinski definition) is 3. The van der Waals surface area contributed by atoms with Crippen molar-refractivity contribution in [2.75, 3.05) is 13.7 Å². The standard InChI is InChI=1S/C29H27N3O2/c1-29(25-18-17-21-11-9-10-16-24(21)19-25)27(33)32(28(34)30-29)20-31(2)26(22-12-5-3-6-13-22)23-14-7-4-8-15-23/h3-19,26H,20H2,1-2H3,(H,30,34). The quantitative estimate of drug-likeness (QED) is 0.407. The van der Waals surface area contributed by atoms with Gasteiger partial charge in [-0.3, -0.25) is 9.69 Å². The molecule has 0 bridgehead atoms. The Bertz CT molecular complexity index is 1300. The number of benzene rings is 4. The minimum Gasteiger partial charge on any atom is -0.319 e. The molecule has 34 heavy (non-hydrogen) atoms. The average molecular weight is 450 g/mol. The van der Waals surface area contributed by atoms with Gasteiger partial charge in [0.25, 0.3) is 5.91 Å². The van der Waals surface area contributed by atoms with Crippen molar-refractivity contribution in [3.05, 3.63) is 120 Å². The summed E-state index contributed by atoms with van der Waals surface area (Å²) < 4.78 is 0. The number of nitrogens with one attached hydrogen (secondary N) is 1. The number of nitrogens with zero attached hydrogens (tertiary/aromatic N) is 2. The normalized spacial score (nSPS) is 18.2. The molecule has 1 heterocycles. The van der Waals surface area contributed by atoms with Crippen LogP contribution in [0.1, 0.15) is 29.7 Å². The second-order valence-corrected chi connectivity index (χ2v) is 8.97. The Morgan fingerprint density at radius 2 is 1.35 bits per heavy atom. The molecule has 0 aromatic heterocycles. The summed E-state index contributed by atoms with van der Waals surface area (Å²) in [7, 11) is 1.94. The fourth-order valence-corrected chi connectivity index (χ4v) is 4.80. The molecular formula is C29H27N3O2. The van der Waals surface area contributed by atoms with Crippen LogP contribution in [0.5, 0.6) is 0 Å². The van der Waals surface area contributed by atoms with Crippen LogP contribution in [-0.2, 0) is 10.3 Å². The van der Waals surface area contributed by atoms with Gasteiger partial charge in [0.1, 0.15) is 5.54 Å². The van der Waals surface area contributed by atoms with Crippen molar-refractivity contribution in [3.63, 3.8) is 0 Å². The maximum Gasteiger partial charge on any atom is 0.326 e. The van der Waals surface area contributed by atoms with Crippen LogP contribution in [0.15, 0.2) is 103 Å². The minimum atomic E-state index is -1.11. The van der Waals surface area contributed by atoms with E-state index in [4.69, 9.17) is 0 Å². The van der Waals surface area contributed by atoms with Crippen molar-refractivity contribution in [1.29, 1.82) is 0 Å². The summed E-state index contributed by atoms with van der Waals surface area (Å²) in [5.41, 5.74) is 1.86. The summed E-state index contributed by atoms with van der Waals surface area (Å²) in [5, 5.41) is 5.07. The molecule has 1 atom stereocenters. The molecule has 4 aromatic carbocycles. The summed E-state index contributed by atoms with van der Waals surface area (Å²) in [5.74, 6) is -0.250. The van der Waals surface area contributed by atoms with E-state index in [-0.39, 0.29) is 24.6 Å². The fourth-order valence-electron chi connectivity index (χ4n) is 4.80. The van der Waals surface area contributed by atoms with Crippen molar-refractivity contribution >= 4 is 22.7 Å². The summed E-state index contributed by atoms with van der Waals surface area (Å²) >= 11 is 0. The molecule has 5 nitrogen and oxygen atoms in total. The Kier molecular flexibility index (Phi) is 5.64. The van der Waals surface area contributed by atoms with Gasteiger partial charge in [-0.15, -0.1) is 0 Å². The van der Waals surface area contributed by atoms with Gasteiger partial charge in [0.15, 0.2) is 0 Å². The van der Waals surface area contributed by atoms with Gasteiger partial charge in [-0.05, 0) is 47.5 Å². The number of carbonyl (C=O) groups is 2. The van der Waals surface area contributed by atoms with Crippen molar-refractivity contribution in [2.24, 2.45) is 0 Å². The van der Waals surface area contributed by atoms with Gasteiger partial charge < -0.3 is 5.32 Å². The second-order valence-electron chi connectivity index (χ2n) is 8.97. The third-order valence-corrected chi connectivity index (χ3v) is 6.64. The maximum atomic E-state index is 13.6. The minimum absolute atomic E-state index is 0.101. The molecule has 1 aliphatic rings. The van der Waals surface area contributed by atoms with E-state index in [2.05, 4.69) is 29.6 Å². The van der Waals surface area contributed by atoms with E-state index in [0.29, 0.717) is 0 Å². The number of carbonyl (C=O) groups excluding carboxylic acids is 2. The van der Waals surface area contributed by atoms with Gasteiger partial charge in [-0.2, -0.15) is 0 Å². The topological polar surface area (TPSA) is 52.6 Å². The van der Waals surface area contributed by atoms with E-state index in [0.717, 1.165) is 27.5 Å². The van der Waals surface area contributed by atoms with E-state index in [9.17, 15) is 9.59 Å². The number of imide groups is 1. The van der Waals surface area contributed by atoms with Crippen molar-refractivity contribution in [2.45, 2.75) is 18.5 Å². The molecule has 4 aromatic rings. The lowest BCUT2D eigenvalue weighted by Crippen LogP contribution is -2.43. The number of fused-ring (bicyclic) bond motifs is 1. The van der Waals surface area contributed by atoms with Gasteiger partial charge >= 0.3 is 6.03 Å². The molecule has 1 saturated heterocycles. The lowest BCUT2D eigenvalue weighted by molar-refractivity contribution is -0.132. The third kappa shape index (κ3) is 3.84. The third-order valence-electron chi connectivity index (χ3n) is 6.64. The predicted molar refractivity (Wildman–Crippen MR) is 134 cm³/mol. The molecule has 0 radical (unpaired) electrons. The smallest absolute Gasteiger partial charge is 0.319 e. The number of amides is 3. The zero-order valence-corrected chi connectivity index (χ0v) is 19.3. The first kappa shape index (κ1) is 21.9. The molecule has 1 aliphatic heterocycles. The Balaban J connectivity index is 1.44. The highest BCUT2D eigenvalue weighted by molar-refractivity contribution is 6.07. The van der Waals surface area contributed by atoms with Crippen LogP contribution in [0.4, 0.5) is 4.79 Å². The number of rotatable bonds is 6. The lowest BCUT2D eigenvalue weighted by atomic mass is 9.90. The van der Waals surface area contributed by atoms with E-state index in [1.807, 2.05) is 90.8 Å². The Morgan fingerprint density at radius 3 is 1.97 bits per heavy atom. The van der Waals surface area contributed by atoms with E-state index < -0.39 is 5.54 Å². The first-order chi connectivity index (χ1) is 16.5. The van der Waals surface area contributed by atoms with Crippen LogP contribution in [0.3, 0.4) is 0 Å². The van der Waals surface area contributed by atoms with Gasteiger partial charge in [0.05, 0.1) is 12.7 Å². The first-order valence-electron chi connectivity index (χ1n) is 11.4. The fraction of sp³-hybridized carbons (Fsp3) is 0.172. The Morgan fingerprint density at radius 1 is 0.794 bits per heavy atom. The van der Waals surface area contributed by atoms with Crippen LogP contribution < -0.4 is 5.32 Å². The molecule has 0 spiro atoms. The van der Waals surface area contributed by atoms with Gasteiger partial charge in [0.2, 0.25) is 0 Å². The van der Waals surface area contributed by atoms with E-state index in [1.54, 1.807) is 6.92 Å². The summed E-state index contributed by atoms with van der Waals surface area (Å²) in [6.07, 6.45) is 0. The molecule has 170 valence electrons. The van der Waals surface area contributed by atoms with Crippen molar-refractivity contribution in [1.82, 2.24) is 15.1 Å². The van der Waals surface area contributed by atoms with Gasteiger partial charge in [0, 0.05) is 0 Å². The highest BCUT2D eigenvalue weighted by atomic mass is 16.2. The van der Waals surface area contributed by atoms with Crippen molar-refractivity contribution in [3.8, 4) is 0 Å². The average Bonchev–Trinajstić information content (AvgIpc) is 3.09. The lowest BCUT2D eigenvalue weighted by Gasteiger charge is -2.31. The molecule has 5 heteroatoms. The molecule has 0 aliphatic carbocycles. The SMILES string of the molecule is CN(CN1C(=O)NC(C)(c2ccc3ccccc3c2)C1=O)C(c1ccccc1)c1ccccc1. The number of urea groups is 1. The summed E-state index contributed by atoms with van der Waals surface area (Å²) in [4.78, 5) is 30.0. The molecule has 3 amide bonds. The van der Waals surface area contributed by atoms with E-state index >= 15 is 0 Å². The van der Waals surface area contributed by atoms with Crippen LogP contribution in [0, 0.1) is 0 Å². The highest BCUT2D eigenvalue weighted by Crippen LogP contribution is 2.33. The first-order valence-corrected chi connectivity index (χ1v) is 11.4. The molecule has 0 saturated carbocycles. The van der Waals surface area contributed by atoms with Crippen LogP contribution in [0.25, 0.3) is 10.8 Å². The maximum absolute atomic E-state index is 13.6. The molecule has 1 fully saturated rings. The van der Waals surface area contributed by atoms with E-state index in [1.165, 1.54) is 4.90 Å². The zero-order valence-electron chi connectivity index (χ0n) is 19.3. The van der Waals surface area contributed by atoms with Crippen LogP contribution in [0.2, 0.25) is 0 Å². The highest BCUT2D eigenvalue weighted by Gasteiger charge is 2.49. The van der Waals surface area contributed by atoms with Gasteiger partial charge in [-0.1, -0.05) is 97.1 Å². The summed E-state index contributed by atoms with van der Waals surface area (Å²) in [6, 6.07) is 33.7. The van der Waals surface area contributed by atoms with Gasteiger partial charge in [-0.25, -0.2) is 9.69 Å². The molecule has 1 N–H and O–H groups in total. The molecule has 5 rings (SSSR count). The van der Waals surface area contributed by atoms with Crippen LogP contribution >= 0.6 is 0 Å². The zero-order chi connectivity index (χ0) is 23.7. The largest absolute Gasteiger partial charge is 0.326 e. The second kappa shape index (κ2) is 8.76. The Hall–Kier alpha value is -3.96. The monoisotopic (exact) mass is 449 g/mol. The predicted octanol–water partition coefficient (Wildman–Crippen LogP) is 5.29. The van der Waals surface area contributed by atoms with Crippen LogP contribution in [-0.4, -0.2) is 35.5 Å². The number of hydrogen-bond donors (Lipinski definition) is 1.